The van der Waals surface area contributed by atoms with Crippen LogP contribution in [0.25, 0.3) is 0 Å². The maximum absolute atomic E-state index is 13.7. The molecule has 1 amide bonds. The van der Waals surface area contributed by atoms with Crippen LogP contribution in [0.2, 0.25) is 0 Å². The van der Waals surface area contributed by atoms with E-state index in [1.165, 1.54) is 6.20 Å². The third-order valence-corrected chi connectivity index (χ3v) is 5.96. The van der Waals surface area contributed by atoms with Gasteiger partial charge in [0.1, 0.15) is 0 Å². The molecule has 1 aromatic rings. The van der Waals surface area contributed by atoms with E-state index in [2.05, 4.69) is 10.3 Å². The number of pyridine rings is 1. The van der Waals surface area contributed by atoms with Crippen molar-refractivity contribution < 1.29 is 18.0 Å². The molecule has 4 aliphatic rings. The Morgan fingerprint density at radius 3 is 2.48 bits per heavy atom. The van der Waals surface area contributed by atoms with Crippen LogP contribution >= 0.6 is 0 Å². The first kappa shape index (κ1) is 15.0. The number of aromatic nitrogens is 1. The molecule has 4 saturated carbocycles. The van der Waals surface area contributed by atoms with Gasteiger partial charge in [0.2, 0.25) is 0 Å². The van der Waals surface area contributed by atoms with Crippen molar-refractivity contribution in [2.24, 2.45) is 17.3 Å². The quantitative estimate of drug-likeness (QED) is 0.901. The van der Waals surface area contributed by atoms with E-state index < -0.39 is 17.1 Å². The summed E-state index contributed by atoms with van der Waals surface area (Å²) in [5, 5.41) is 2.96. The fraction of sp³-hybridized carbons (Fsp3) is 0.647. The summed E-state index contributed by atoms with van der Waals surface area (Å²) in [5.41, 5.74) is -1.89. The first-order chi connectivity index (χ1) is 10.8. The van der Waals surface area contributed by atoms with E-state index in [0.29, 0.717) is 18.4 Å². The molecule has 6 heteroatoms. The minimum Gasteiger partial charge on any atom is -0.347 e. The van der Waals surface area contributed by atoms with Gasteiger partial charge in [0, 0.05) is 17.9 Å². The maximum Gasteiger partial charge on any atom is 0.394 e. The number of carbonyl (C=O) groups is 1. The Hall–Kier alpha value is -1.59. The average Bonchev–Trinajstić information content (AvgIpc) is 2.45. The van der Waals surface area contributed by atoms with E-state index in [-0.39, 0.29) is 37.0 Å². The molecule has 4 aliphatic carbocycles. The monoisotopic (exact) mass is 324 g/mol. The van der Waals surface area contributed by atoms with Gasteiger partial charge in [-0.15, -0.1) is 0 Å². The number of nitrogens with one attached hydrogen (secondary N) is 1. The standard InChI is InChI=1S/C17H19F3N2O/c18-17(19,20)15-5-11-4-12(6-15)8-16(7-11,10-15)22-14(23)13-2-1-3-21-9-13/h1-3,9,11-12H,4-8,10H2,(H,22,23)/t11-,12+,15?,16?. The molecule has 1 heterocycles. The SMILES string of the molecule is O=C(NC12C[C@H]3C[C@@H](C1)CC(C(F)(F)F)(C3)C2)c1cccnc1. The second-order valence-corrected chi connectivity index (χ2v) is 7.72. The number of carbonyl (C=O) groups excluding carboxylic acids is 1. The predicted molar refractivity (Wildman–Crippen MR) is 77.6 cm³/mol. The molecule has 2 unspecified atom stereocenters. The van der Waals surface area contributed by atoms with Gasteiger partial charge in [0.05, 0.1) is 11.0 Å². The van der Waals surface area contributed by atoms with Gasteiger partial charge in [-0.1, -0.05) is 0 Å². The third-order valence-electron chi connectivity index (χ3n) is 5.96. The van der Waals surface area contributed by atoms with Gasteiger partial charge in [-0.25, -0.2) is 0 Å². The first-order valence-corrected chi connectivity index (χ1v) is 8.10. The van der Waals surface area contributed by atoms with E-state index in [0.717, 1.165) is 6.42 Å². The van der Waals surface area contributed by atoms with Crippen LogP contribution < -0.4 is 5.32 Å². The molecule has 23 heavy (non-hydrogen) atoms. The molecule has 124 valence electrons. The molecular formula is C17H19F3N2O. The van der Waals surface area contributed by atoms with Crippen LogP contribution in [0.4, 0.5) is 13.2 Å². The van der Waals surface area contributed by atoms with Crippen molar-refractivity contribution in [3.8, 4) is 0 Å². The van der Waals surface area contributed by atoms with Gasteiger partial charge in [-0.05, 0) is 62.5 Å². The van der Waals surface area contributed by atoms with Gasteiger partial charge in [-0.2, -0.15) is 13.2 Å². The Morgan fingerprint density at radius 2 is 1.91 bits per heavy atom. The fourth-order valence-corrected chi connectivity index (χ4v) is 5.55. The molecule has 0 spiro atoms. The number of hydrogen-bond acceptors (Lipinski definition) is 2. The Bertz CT molecular complexity index is 614. The normalized spacial score (nSPS) is 38.6. The van der Waals surface area contributed by atoms with E-state index in [9.17, 15) is 18.0 Å². The Kier molecular flexibility index (Phi) is 3.06. The topological polar surface area (TPSA) is 42.0 Å². The first-order valence-electron chi connectivity index (χ1n) is 8.10. The Morgan fingerprint density at radius 1 is 1.22 bits per heavy atom. The Balaban J connectivity index is 1.62. The van der Waals surface area contributed by atoms with E-state index in [4.69, 9.17) is 0 Å². The zero-order valence-corrected chi connectivity index (χ0v) is 12.7. The number of halogens is 3. The molecule has 3 nitrogen and oxygen atoms in total. The van der Waals surface area contributed by atoms with Gasteiger partial charge in [0.25, 0.3) is 5.91 Å². The molecule has 4 fully saturated rings. The van der Waals surface area contributed by atoms with Crippen LogP contribution in [0.5, 0.6) is 0 Å². The van der Waals surface area contributed by atoms with Crippen molar-refractivity contribution in [3.63, 3.8) is 0 Å². The number of alkyl halides is 3. The summed E-state index contributed by atoms with van der Waals surface area (Å²) in [6.07, 6.45) is 1.56. The lowest BCUT2D eigenvalue weighted by Gasteiger charge is -2.62. The lowest BCUT2D eigenvalue weighted by molar-refractivity contribution is -0.277. The van der Waals surface area contributed by atoms with Crippen molar-refractivity contribution in [1.82, 2.24) is 10.3 Å². The van der Waals surface area contributed by atoms with Crippen LogP contribution in [0.1, 0.15) is 48.9 Å². The number of amides is 1. The van der Waals surface area contributed by atoms with Gasteiger partial charge in [0.15, 0.2) is 0 Å². The highest BCUT2D eigenvalue weighted by Gasteiger charge is 2.67. The van der Waals surface area contributed by atoms with Crippen molar-refractivity contribution in [2.45, 2.75) is 50.2 Å². The van der Waals surface area contributed by atoms with Crippen LogP contribution in [0.15, 0.2) is 24.5 Å². The van der Waals surface area contributed by atoms with Crippen LogP contribution in [0, 0.1) is 17.3 Å². The van der Waals surface area contributed by atoms with Crippen molar-refractivity contribution in [1.29, 1.82) is 0 Å². The molecule has 1 N–H and O–H groups in total. The molecule has 4 bridgehead atoms. The van der Waals surface area contributed by atoms with Crippen LogP contribution in [0.3, 0.4) is 0 Å². The zero-order chi connectivity index (χ0) is 16.3. The second-order valence-electron chi connectivity index (χ2n) is 7.72. The second kappa shape index (κ2) is 4.71. The highest BCUT2D eigenvalue weighted by molar-refractivity contribution is 5.94. The van der Waals surface area contributed by atoms with E-state index in [1.54, 1.807) is 18.3 Å². The summed E-state index contributed by atoms with van der Waals surface area (Å²) < 4.78 is 41.1. The summed E-state index contributed by atoms with van der Waals surface area (Å²) in [6, 6.07) is 3.30. The molecule has 0 radical (unpaired) electrons. The molecule has 5 rings (SSSR count). The molecule has 1 aromatic heterocycles. The van der Waals surface area contributed by atoms with Gasteiger partial charge >= 0.3 is 6.18 Å². The Labute approximate surface area is 132 Å². The highest BCUT2D eigenvalue weighted by Crippen LogP contribution is 2.66. The lowest BCUT2D eigenvalue weighted by Crippen LogP contribution is -2.66. The average molecular weight is 324 g/mol. The highest BCUT2D eigenvalue weighted by atomic mass is 19.4. The van der Waals surface area contributed by atoms with Crippen molar-refractivity contribution >= 4 is 5.91 Å². The van der Waals surface area contributed by atoms with E-state index >= 15 is 0 Å². The molecule has 4 atom stereocenters. The summed E-state index contributed by atoms with van der Waals surface area (Å²) in [7, 11) is 0. The number of rotatable bonds is 2. The molecular weight excluding hydrogens is 305 g/mol. The summed E-state index contributed by atoms with van der Waals surface area (Å²) in [6.45, 7) is 0. The maximum atomic E-state index is 13.7. The van der Waals surface area contributed by atoms with Crippen molar-refractivity contribution in [3.05, 3.63) is 30.1 Å². The van der Waals surface area contributed by atoms with Gasteiger partial charge in [-0.3, -0.25) is 9.78 Å². The predicted octanol–water partition coefficient (Wildman–Crippen LogP) is 3.71. The van der Waals surface area contributed by atoms with Crippen LogP contribution in [-0.4, -0.2) is 22.6 Å². The van der Waals surface area contributed by atoms with Crippen LogP contribution in [-0.2, 0) is 0 Å². The zero-order valence-electron chi connectivity index (χ0n) is 12.7. The number of hydrogen-bond donors (Lipinski definition) is 1. The fourth-order valence-electron chi connectivity index (χ4n) is 5.55. The summed E-state index contributed by atoms with van der Waals surface area (Å²) in [5.74, 6) is -0.156. The minimum absolute atomic E-state index is 0.0303. The summed E-state index contributed by atoms with van der Waals surface area (Å²) in [4.78, 5) is 16.4. The molecule has 0 aliphatic heterocycles. The largest absolute Gasteiger partial charge is 0.394 e. The smallest absolute Gasteiger partial charge is 0.347 e. The number of nitrogens with zero attached hydrogens (tertiary/aromatic N) is 1. The van der Waals surface area contributed by atoms with E-state index in [1.807, 2.05) is 0 Å². The van der Waals surface area contributed by atoms with Crippen molar-refractivity contribution in [2.75, 3.05) is 0 Å². The minimum atomic E-state index is -4.19. The lowest BCUT2D eigenvalue weighted by atomic mass is 9.46. The summed E-state index contributed by atoms with van der Waals surface area (Å²) >= 11 is 0. The molecule has 0 aromatic carbocycles. The van der Waals surface area contributed by atoms with Gasteiger partial charge < -0.3 is 5.32 Å². The third kappa shape index (κ3) is 2.34. The molecule has 0 saturated heterocycles.